The highest BCUT2D eigenvalue weighted by molar-refractivity contribution is 5.78. The Morgan fingerprint density at radius 2 is 1.94 bits per heavy atom. The fourth-order valence-electron chi connectivity index (χ4n) is 4.73. The number of rotatable bonds is 11. The lowest BCUT2D eigenvalue weighted by Gasteiger charge is -2.30. The van der Waals surface area contributed by atoms with Crippen LogP contribution in [0.15, 0.2) is 48.5 Å². The van der Waals surface area contributed by atoms with E-state index in [4.69, 9.17) is 9.47 Å². The first-order valence-corrected chi connectivity index (χ1v) is 11.7. The molecule has 1 aliphatic rings. The number of nitro benzene ring substituents is 1. The van der Waals surface area contributed by atoms with Gasteiger partial charge in [0.25, 0.3) is 5.69 Å². The summed E-state index contributed by atoms with van der Waals surface area (Å²) in [7, 11) is 3.29. The number of methoxy groups -OCH3 is 2. The number of likely N-dealkylation sites (tertiary alicyclic amines) is 1. The van der Waals surface area contributed by atoms with Crippen molar-refractivity contribution in [2.45, 2.75) is 26.3 Å². The maximum atomic E-state index is 12.9. The molecule has 1 amide bonds. The van der Waals surface area contributed by atoms with Crippen molar-refractivity contribution >= 4 is 11.6 Å². The zero-order valence-corrected chi connectivity index (χ0v) is 20.5. The van der Waals surface area contributed by atoms with Crippen molar-refractivity contribution in [2.24, 2.45) is 11.8 Å². The molecule has 0 bridgehead atoms. The van der Waals surface area contributed by atoms with Gasteiger partial charge in [0.15, 0.2) is 0 Å². The zero-order valence-electron chi connectivity index (χ0n) is 20.5. The normalized spacial score (nSPS) is 18.3. The summed E-state index contributed by atoms with van der Waals surface area (Å²) >= 11 is 0. The summed E-state index contributed by atoms with van der Waals surface area (Å²) in [6.45, 7) is 7.43. The van der Waals surface area contributed by atoms with Gasteiger partial charge in [-0.1, -0.05) is 44.2 Å². The quantitative estimate of drug-likeness (QED) is 0.366. The number of ether oxygens (including phenoxy) is 2. The van der Waals surface area contributed by atoms with Gasteiger partial charge in [0.1, 0.15) is 5.75 Å². The minimum absolute atomic E-state index is 0.100. The highest BCUT2D eigenvalue weighted by Gasteiger charge is 2.36. The summed E-state index contributed by atoms with van der Waals surface area (Å²) in [4.78, 5) is 28.3. The van der Waals surface area contributed by atoms with Gasteiger partial charge in [0.2, 0.25) is 5.91 Å². The second kappa shape index (κ2) is 11.9. The van der Waals surface area contributed by atoms with Crippen LogP contribution >= 0.6 is 0 Å². The molecule has 34 heavy (non-hydrogen) atoms. The second-order valence-corrected chi connectivity index (χ2v) is 9.15. The first-order valence-electron chi connectivity index (χ1n) is 11.7. The SMILES string of the molecule is COCCN(C[C@@H]1CN(Cc2ccccc2[N+](=O)[O-])C[C@H]1c1cccc(OC)c1)C(=O)C(C)C. The fourth-order valence-corrected chi connectivity index (χ4v) is 4.73. The van der Waals surface area contributed by atoms with Crippen molar-refractivity contribution in [3.8, 4) is 5.75 Å². The van der Waals surface area contributed by atoms with Gasteiger partial charge in [0, 0.05) is 63.3 Å². The van der Waals surface area contributed by atoms with E-state index in [1.54, 1.807) is 26.4 Å². The minimum Gasteiger partial charge on any atom is -0.497 e. The van der Waals surface area contributed by atoms with Crippen molar-refractivity contribution < 1.29 is 19.2 Å². The molecule has 2 atom stereocenters. The molecular weight excluding hydrogens is 434 g/mol. The Morgan fingerprint density at radius 1 is 1.18 bits per heavy atom. The average molecular weight is 470 g/mol. The Balaban J connectivity index is 1.87. The van der Waals surface area contributed by atoms with Crippen LogP contribution in [-0.2, 0) is 16.1 Å². The van der Waals surface area contributed by atoms with E-state index in [9.17, 15) is 14.9 Å². The lowest BCUT2D eigenvalue weighted by atomic mass is 9.88. The molecule has 0 radical (unpaired) electrons. The molecule has 3 rings (SSSR count). The molecule has 1 fully saturated rings. The van der Waals surface area contributed by atoms with E-state index >= 15 is 0 Å². The molecule has 1 heterocycles. The second-order valence-electron chi connectivity index (χ2n) is 9.15. The van der Waals surface area contributed by atoms with Gasteiger partial charge in [-0.15, -0.1) is 0 Å². The number of nitro groups is 1. The molecule has 2 aromatic rings. The lowest BCUT2D eigenvalue weighted by Crippen LogP contribution is -2.41. The van der Waals surface area contributed by atoms with E-state index in [1.807, 2.05) is 43.0 Å². The zero-order chi connectivity index (χ0) is 24.7. The third-order valence-corrected chi connectivity index (χ3v) is 6.45. The van der Waals surface area contributed by atoms with Gasteiger partial charge in [-0.3, -0.25) is 19.8 Å². The maximum Gasteiger partial charge on any atom is 0.273 e. The molecule has 0 aromatic heterocycles. The molecule has 0 N–H and O–H groups in total. The van der Waals surface area contributed by atoms with Gasteiger partial charge in [0.05, 0.1) is 18.6 Å². The van der Waals surface area contributed by atoms with E-state index < -0.39 is 0 Å². The number of nitrogens with zero attached hydrogens (tertiary/aromatic N) is 3. The van der Waals surface area contributed by atoms with Crippen LogP contribution in [0.4, 0.5) is 5.69 Å². The van der Waals surface area contributed by atoms with Crippen molar-refractivity contribution in [1.29, 1.82) is 0 Å². The average Bonchev–Trinajstić information content (AvgIpc) is 3.23. The highest BCUT2D eigenvalue weighted by atomic mass is 16.6. The van der Waals surface area contributed by atoms with E-state index in [-0.39, 0.29) is 34.3 Å². The third-order valence-electron chi connectivity index (χ3n) is 6.45. The number of carbonyl (C=O) groups is 1. The summed E-state index contributed by atoms with van der Waals surface area (Å²) in [5, 5.41) is 11.5. The van der Waals surface area contributed by atoms with E-state index in [0.717, 1.165) is 24.4 Å². The first-order chi connectivity index (χ1) is 16.3. The van der Waals surface area contributed by atoms with Gasteiger partial charge in [-0.25, -0.2) is 0 Å². The molecule has 0 saturated carbocycles. The van der Waals surface area contributed by atoms with E-state index in [1.165, 1.54) is 0 Å². The summed E-state index contributed by atoms with van der Waals surface area (Å²) in [5.41, 5.74) is 1.99. The van der Waals surface area contributed by atoms with E-state index in [0.29, 0.717) is 31.8 Å². The summed E-state index contributed by atoms with van der Waals surface area (Å²) in [6.07, 6.45) is 0. The Bertz CT molecular complexity index is 980. The van der Waals surface area contributed by atoms with Gasteiger partial charge < -0.3 is 14.4 Å². The topological polar surface area (TPSA) is 85.2 Å². The van der Waals surface area contributed by atoms with Crippen LogP contribution in [0.25, 0.3) is 0 Å². The number of hydrogen-bond acceptors (Lipinski definition) is 6. The first kappa shape index (κ1) is 25.6. The molecule has 2 aromatic carbocycles. The molecule has 1 saturated heterocycles. The maximum absolute atomic E-state index is 12.9. The van der Waals surface area contributed by atoms with Crippen molar-refractivity contribution in [3.05, 3.63) is 69.8 Å². The van der Waals surface area contributed by atoms with Gasteiger partial charge >= 0.3 is 0 Å². The molecule has 8 nitrogen and oxygen atoms in total. The minimum atomic E-state index is -0.323. The fraction of sp³-hybridized carbons (Fsp3) is 0.500. The summed E-state index contributed by atoms with van der Waals surface area (Å²) in [5.74, 6) is 1.15. The summed E-state index contributed by atoms with van der Waals surface area (Å²) < 4.78 is 10.7. The van der Waals surface area contributed by atoms with Crippen LogP contribution in [0.3, 0.4) is 0 Å². The van der Waals surface area contributed by atoms with Crippen molar-refractivity contribution in [2.75, 3.05) is 47.0 Å². The molecule has 0 unspecified atom stereocenters. The molecule has 0 aliphatic carbocycles. The predicted molar refractivity (Wildman–Crippen MR) is 131 cm³/mol. The summed E-state index contributed by atoms with van der Waals surface area (Å²) in [6, 6.07) is 15.0. The molecule has 8 heteroatoms. The molecule has 0 spiro atoms. The van der Waals surface area contributed by atoms with E-state index in [2.05, 4.69) is 17.0 Å². The smallest absolute Gasteiger partial charge is 0.273 e. The Labute approximate surface area is 201 Å². The number of benzene rings is 2. The monoisotopic (exact) mass is 469 g/mol. The Hall–Kier alpha value is -2.97. The molecule has 1 aliphatic heterocycles. The van der Waals surface area contributed by atoms with Crippen LogP contribution in [0.2, 0.25) is 0 Å². The van der Waals surface area contributed by atoms with Crippen LogP contribution in [0.1, 0.15) is 30.9 Å². The number of amides is 1. The molecule has 184 valence electrons. The third kappa shape index (κ3) is 6.33. The van der Waals surface area contributed by atoms with Gasteiger partial charge in [-0.05, 0) is 23.6 Å². The Kier molecular flexibility index (Phi) is 9.01. The molecular formula is C26H35N3O5. The van der Waals surface area contributed by atoms with Crippen molar-refractivity contribution in [3.63, 3.8) is 0 Å². The number of para-hydroxylation sites is 1. The largest absolute Gasteiger partial charge is 0.497 e. The van der Waals surface area contributed by atoms with Crippen LogP contribution in [-0.4, -0.2) is 67.6 Å². The van der Waals surface area contributed by atoms with Crippen LogP contribution in [0, 0.1) is 22.0 Å². The highest BCUT2D eigenvalue weighted by Crippen LogP contribution is 2.36. The van der Waals surface area contributed by atoms with Crippen molar-refractivity contribution in [1.82, 2.24) is 9.80 Å². The van der Waals surface area contributed by atoms with Crippen LogP contribution in [0.5, 0.6) is 5.75 Å². The lowest BCUT2D eigenvalue weighted by molar-refractivity contribution is -0.385. The van der Waals surface area contributed by atoms with Crippen LogP contribution < -0.4 is 4.74 Å². The standard InChI is InChI=1S/C26H35N3O5/c1-19(2)26(30)28(12-13-33-3)17-22-16-27(15-21-8-5-6-11-25(21)29(31)32)18-24(22)20-9-7-10-23(14-20)34-4/h5-11,14,19,22,24H,12-13,15-18H2,1-4H3/t22-,24-/m0/s1. The Morgan fingerprint density at radius 3 is 2.62 bits per heavy atom. The number of hydrogen-bond donors (Lipinski definition) is 0. The van der Waals surface area contributed by atoms with Gasteiger partial charge in [-0.2, -0.15) is 0 Å². The number of carbonyl (C=O) groups excluding carboxylic acids is 1. The predicted octanol–water partition coefficient (Wildman–Crippen LogP) is 3.95.